The average Bonchev–Trinajstić information content (AvgIpc) is 3.02. The number of aryl methyl sites for hydroxylation is 2. The summed E-state index contributed by atoms with van der Waals surface area (Å²) in [6.45, 7) is 4.66. The van der Waals surface area contributed by atoms with Gasteiger partial charge in [0.2, 0.25) is 5.91 Å². The molecule has 0 spiro atoms. The first-order chi connectivity index (χ1) is 9.72. The van der Waals surface area contributed by atoms with E-state index < -0.39 is 0 Å². The van der Waals surface area contributed by atoms with Crippen LogP contribution in [0.5, 0.6) is 0 Å². The van der Waals surface area contributed by atoms with Crippen LogP contribution >= 0.6 is 11.3 Å². The van der Waals surface area contributed by atoms with Crippen LogP contribution in [0.15, 0.2) is 24.1 Å². The van der Waals surface area contributed by atoms with Gasteiger partial charge >= 0.3 is 0 Å². The molecule has 2 aromatic rings. The lowest BCUT2D eigenvalue weighted by molar-refractivity contribution is -0.137. The van der Waals surface area contributed by atoms with E-state index in [1.807, 2.05) is 9.58 Å². The van der Waals surface area contributed by atoms with Crippen LogP contribution in [0, 0.1) is 12.8 Å². The fourth-order valence-electron chi connectivity index (χ4n) is 2.52. The van der Waals surface area contributed by atoms with Gasteiger partial charge in [0.15, 0.2) is 0 Å². The Balaban J connectivity index is 1.41. The Hall–Kier alpha value is -1.69. The first kappa shape index (κ1) is 13.3. The molecule has 1 fully saturated rings. The number of hydrogen-bond donors (Lipinski definition) is 0. The lowest BCUT2D eigenvalue weighted by Gasteiger charge is -2.39. The molecule has 0 radical (unpaired) electrons. The van der Waals surface area contributed by atoms with Gasteiger partial charge in [0.1, 0.15) is 12.7 Å². The highest BCUT2D eigenvalue weighted by molar-refractivity contribution is 7.10. The van der Waals surface area contributed by atoms with E-state index in [0.717, 1.165) is 26.1 Å². The summed E-state index contributed by atoms with van der Waals surface area (Å²) >= 11 is 1.74. The molecule has 1 saturated heterocycles. The molecule has 0 aromatic carbocycles. The number of thiophene rings is 1. The molecule has 0 atom stereocenters. The molecule has 1 amide bonds. The molecule has 0 N–H and O–H groups in total. The predicted molar refractivity (Wildman–Crippen MR) is 77.5 cm³/mol. The van der Waals surface area contributed by atoms with Crippen molar-refractivity contribution < 1.29 is 4.79 Å². The van der Waals surface area contributed by atoms with Gasteiger partial charge in [-0.05, 0) is 30.4 Å². The van der Waals surface area contributed by atoms with E-state index in [4.69, 9.17) is 0 Å². The van der Waals surface area contributed by atoms with Gasteiger partial charge in [0.05, 0.1) is 0 Å². The van der Waals surface area contributed by atoms with E-state index in [9.17, 15) is 4.79 Å². The summed E-state index contributed by atoms with van der Waals surface area (Å²) in [4.78, 5) is 19.3. The van der Waals surface area contributed by atoms with Crippen molar-refractivity contribution in [3.05, 3.63) is 34.5 Å². The van der Waals surface area contributed by atoms with Gasteiger partial charge in [0.25, 0.3) is 0 Å². The second-order valence-electron chi connectivity index (χ2n) is 5.31. The molecule has 6 heteroatoms. The molecule has 3 heterocycles. The minimum atomic E-state index is 0.271. The molecular weight excluding hydrogens is 272 g/mol. The number of aromatic nitrogens is 3. The van der Waals surface area contributed by atoms with Gasteiger partial charge in [-0.1, -0.05) is 0 Å². The minimum absolute atomic E-state index is 0.271. The van der Waals surface area contributed by atoms with Gasteiger partial charge < -0.3 is 4.90 Å². The van der Waals surface area contributed by atoms with E-state index in [1.54, 1.807) is 24.0 Å². The third-order valence-electron chi connectivity index (χ3n) is 3.76. The number of likely N-dealkylation sites (tertiary alicyclic amines) is 1. The van der Waals surface area contributed by atoms with Gasteiger partial charge in [0, 0.05) is 36.9 Å². The lowest BCUT2D eigenvalue weighted by Crippen LogP contribution is -2.51. The van der Waals surface area contributed by atoms with Crippen molar-refractivity contribution in [1.82, 2.24) is 19.7 Å². The Kier molecular flexibility index (Phi) is 3.82. The average molecular weight is 290 g/mol. The molecule has 5 nitrogen and oxygen atoms in total. The highest BCUT2D eigenvalue weighted by Gasteiger charge is 2.30. The number of carbonyl (C=O) groups excluding carboxylic acids is 1. The summed E-state index contributed by atoms with van der Waals surface area (Å²) in [6.07, 6.45) is 4.76. The van der Waals surface area contributed by atoms with Gasteiger partial charge in [-0.25, -0.2) is 4.98 Å². The number of amides is 1. The van der Waals surface area contributed by atoms with Crippen molar-refractivity contribution >= 4 is 17.2 Å². The third kappa shape index (κ3) is 2.90. The fraction of sp³-hybridized carbons (Fsp3) is 0.500. The summed E-state index contributed by atoms with van der Waals surface area (Å²) in [7, 11) is 0. The standard InChI is InChI=1S/C14H18N4OS/c1-11-4-5-20-13(11)2-3-14(19)17-6-12(7-17)8-18-10-15-9-16-18/h4-5,9-10,12H,2-3,6-8H2,1H3. The van der Waals surface area contributed by atoms with Crippen LogP contribution in [0.2, 0.25) is 0 Å². The van der Waals surface area contributed by atoms with E-state index in [-0.39, 0.29) is 5.91 Å². The molecule has 20 heavy (non-hydrogen) atoms. The van der Waals surface area contributed by atoms with Crippen molar-refractivity contribution in [1.29, 1.82) is 0 Å². The molecule has 2 aromatic heterocycles. The van der Waals surface area contributed by atoms with Crippen molar-refractivity contribution in [3.63, 3.8) is 0 Å². The molecule has 1 aliphatic rings. The third-order valence-corrected chi connectivity index (χ3v) is 4.84. The number of carbonyl (C=O) groups is 1. The zero-order valence-corrected chi connectivity index (χ0v) is 12.3. The molecule has 3 rings (SSSR count). The molecule has 0 unspecified atom stereocenters. The summed E-state index contributed by atoms with van der Waals surface area (Å²) in [5.74, 6) is 0.789. The Labute approximate surface area is 122 Å². The Bertz CT molecular complexity index is 572. The monoisotopic (exact) mass is 290 g/mol. The predicted octanol–water partition coefficient (Wildman–Crippen LogP) is 1.74. The summed E-state index contributed by atoms with van der Waals surface area (Å²) in [5.41, 5.74) is 1.30. The second kappa shape index (κ2) is 5.75. The van der Waals surface area contributed by atoms with Crippen LogP contribution in [0.3, 0.4) is 0 Å². The van der Waals surface area contributed by atoms with Crippen molar-refractivity contribution in [3.8, 4) is 0 Å². The maximum Gasteiger partial charge on any atom is 0.222 e. The Morgan fingerprint density at radius 2 is 2.35 bits per heavy atom. The summed E-state index contributed by atoms with van der Waals surface area (Å²) < 4.78 is 1.83. The van der Waals surface area contributed by atoms with E-state index in [1.165, 1.54) is 10.4 Å². The van der Waals surface area contributed by atoms with Crippen molar-refractivity contribution in [2.75, 3.05) is 13.1 Å². The highest BCUT2D eigenvalue weighted by Crippen LogP contribution is 2.21. The SMILES string of the molecule is Cc1ccsc1CCC(=O)N1CC(Cn2cncn2)C1. The van der Waals surface area contributed by atoms with Crippen molar-refractivity contribution in [2.45, 2.75) is 26.3 Å². The normalized spacial score (nSPS) is 15.3. The maximum absolute atomic E-state index is 12.1. The first-order valence-electron chi connectivity index (χ1n) is 6.85. The second-order valence-corrected chi connectivity index (χ2v) is 6.31. The molecule has 106 valence electrons. The van der Waals surface area contributed by atoms with Crippen LogP contribution in [0.1, 0.15) is 16.9 Å². The quantitative estimate of drug-likeness (QED) is 0.843. The Morgan fingerprint density at radius 3 is 3.00 bits per heavy atom. The number of nitrogens with zero attached hydrogens (tertiary/aromatic N) is 4. The van der Waals surface area contributed by atoms with E-state index in [0.29, 0.717) is 12.3 Å². The van der Waals surface area contributed by atoms with Crippen LogP contribution < -0.4 is 0 Å². The molecular formula is C14H18N4OS. The van der Waals surface area contributed by atoms with Crippen molar-refractivity contribution in [2.24, 2.45) is 5.92 Å². The molecule has 1 aliphatic heterocycles. The van der Waals surface area contributed by atoms with Gasteiger partial charge in [-0.2, -0.15) is 5.10 Å². The fourth-order valence-corrected chi connectivity index (χ4v) is 3.43. The maximum atomic E-state index is 12.1. The van der Waals surface area contributed by atoms with Crippen LogP contribution in [-0.4, -0.2) is 38.7 Å². The molecule has 0 aliphatic carbocycles. The van der Waals surface area contributed by atoms with Crippen LogP contribution in [-0.2, 0) is 17.8 Å². The lowest BCUT2D eigenvalue weighted by atomic mass is 9.99. The van der Waals surface area contributed by atoms with Crippen LogP contribution in [0.25, 0.3) is 0 Å². The van der Waals surface area contributed by atoms with E-state index in [2.05, 4.69) is 28.5 Å². The van der Waals surface area contributed by atoms with Gasteiger partial charge in [-0.3, -0.25) is 9.48 Å². The topological polar surface area (TPSA) is 51.0 Å². The number of rotatable bonds is 5. The molecule has 0 bridgehead atoms. The summed E-state index contributed by atoms with van der Waals surface area (Å²) in [5, 5.41) is 6.18. The van der Waals surface area contributed by atoms with E-state index >= 15 is 0 Å². The zero-order chi connectivity index (χ0) is 13.9. The highest BCUT2D eigenvalue weighted by atomic mass is 32.1. The molecule has 0 saturated carbocycles. The van der Waals surface area contributed by atoms with Crippen LogP contribution in [0.4, 0.5) is 0 Å². The Morgan fingerprint density at radius 1 is 1.50 bits per heavy atom. The number of hydrogen-bond acceptors (Lipinski definition) is 4. The smallest absolute Gasteiger partial charge is 0.222 e. The zero-order valence-electron chi connectivity index (χ0n) is 11.5. The largest absolute Gasteiger partial charge is 0.342 e. The minimum Gasteiger partial charge on any atom is -0.342 e. The van der Waals surface area contributed by atoms with Gasteiger partial charge in [-0.15, -0.1) is 11.3 Å². The summed E-state index contributed by atoms with van der Waals surface area (Å²) in [6, 6.07) is 2.11. The first-order valence-corrected chi connectivity index (χ1v) is 7.73.